The molecule has 0 aromatic carbocycles. The Morgan fingerprint density at radius 3 is 1.20 bits per heavy atom. The second-order valence-corrected chi connectivity index (χ2v) is 2.95. The quantitative estimate of drug-likeness (QED) is 0.624. The van der Waals surface area contributed by atoms with Crippen molar-refractivity contribution in [3.63, 3.8) is 0 Å². The predicted molar refractivity (Wildman–Crippen MR) is 35.8 cm³/mol. The summed E-state index contributed by atoms with van der Waals surface area (Å²) in [7, 11) is 0. The molecule has 0 rings (SSSR count). The molecule has 0 spiro atoms. The van der Waals surface area contributed by atoms with Crippen LogP contribution in [0.25, 0.3) is 0 Å². The van der Waals surface area contributed by atoms with Crippen molar-refractivity contribution >= 4 is 23.2 Å². The van der Waals surface area contributed by atoms with Crippen molar-refractivity contribution in [2.75, 3.05) is 0 Å². The molecule has 10 heteroatoms. The molecule has 0 nitrogen and oxygen atoms in total. The van der Waals surface area contributed by atoms with Gasteiger partial charge in [0.15, 0.2) is 0 Å². The van der Waals surface area contributed by atoms with E-state index < -0.39 is 28.3 Å². The van der Waals surface area contributed by atoms with Gasteiger partial charge in [0, 0.05) is 0 Å². The van der Waals surface area contributed by atoms with Gasteiger partial charge in [-0.05, 0) is 0 Å². The van der Waals surface area contributed by atoms with Gasteiger partial charge in [0.05, 0.1) is 0 Å². The third-order valence-corrected chi connectivity index (χ3v) is 2.00. The van der Waals surface area contributed by atoms with Crippen molar-refractivity contribution in [2.45, 2.75) is 18.3 Å². The first-order valence-electron chi connectivity index (χ1n) is 2.89. The fraction of sp³-hybridized carbons (Fsp3) is 0.600. The molecule has 0 atom stereocenters. The van der Waals surface area contributed by atoms with Crippen LogP contribution in [0, 0.1) is 0 Å². The molecule has 0 aromatic rings. The molecular weight excluding hydrogens is 283 g/mol. The molecule has 0 aliphatic heterocycles. The van der Waals surface area contributed by atoms with Crippen LogP contribution < -0.4 is 0 Å². The second-order valence-electron chi connectivity index (χ2n) is 2.20. The number of hydrogen-bond acceptors (Lipinski definition) is 0. The average Bonchev–Trinajstić information content (AvgIpc) is 1.97. The fourth-order valence-electron chi connectivity index (χ4n) is 0.387. The van der Waals surface area contributed by atoms with E-state index in [0.717, 1.165) is 0 Å². The zero-order valence-electron chi connectivity index (χ0n) is 6.28. The minimum Gasteiger partial charge on any atom is -0.190 e. The molecule has 0 saturated carbocycles. The molecule has 0 fully saturated rings. The van der Waals surface area contributed by atoms with E-state index >= 15 is 0 Å². The first kappa shape index (κ1) is 14.8. The van der Waals surface area contributed by atoms with E-state index in [2.05, 4.69) is 23.2 Å². The number of hydrogen-bond donors (Lipinski definition) is 0. The first-order valence-corrected chi connectivity index (χ1v) is 3.65. The normalized spacial score (nSPS) is 16.4. The lowest BCUT2D eigenvalue weighted by Crippen LogP contribution is -2.38. The summed E-state index contributed by atoms with van der Waals surface area (Å²) < 4.78 is 94.0. The molecule has 0 heterocycles. The van der Waals surface area contributed by atoms with Crippen LogP contribution in [0.3, 0.4) is 0 Å². The van der Waals surface area contributed by atoms with E-state index in [-0.39, 0.29) is 0 Å². The van der Waals surface area contributed by atoms with E-state index in [1.165, 1.54) is 0 Å². The molecule has 0 radical (unpaired) electrons. The van der Waals surface area contributed by atoms with Gasteiger partial charge in [-0.15, -0.1) is 0 Å². The number of alkyl halides is 8. The molecule has 0 amide bonds. The standard InChI is InChI=1S/C5Cl2F8/c6-1(2(7)4(10,11)12)3(8,9)5(13,14)15/b2-1+. The third kappa shape index (κ3) is 3.10. The third-order valence-electron chi connectivity index (χ3n) is 1.07. The Morgan fingerprint density at radius 2 is 1.00 bits per heavy atom. The van der Waals surface area contributed by atoms with Gasteiger partial charge < -0.3 is 0 Å². The summed E-state index contributed by atoms with van der Waals surface area (Å²) in [6.07, 6.45) is -11.8. The number of rotatable bonds is 1. The van der Waals surface area contributed by atoms with Crippen molar-refractivity contribution in [1.29, 1.82) is 0 Å². The molecule has 0 N–H and O–H groups in total. The van der Waals surface area contributed by atoms with Gasteiger partial charge in [-0.2, -0.15) is 35.1 Å². The van der Waals surface area contributed by atoms with E-state index in [1.54, 1.807) is 0 Å². The van der Waals surface area contributed by atoms with Crippen LogP contribution >= 0.6 is 23.2 Å². The zero-order valence-corrected chi connectivity index (χ0v) is 7.79. The van der Waals surface area contributed by atoms with E-state index in [0.29, 0.717) is 0 Å². The predicted octanol–water partition coefficient (Wildman–Crippen LogP) is 4.44. The monoisotopic (exact) mass is 282 g/mol. The van der Waals surface area contributed by atoms with Gasteiger partial charge in [0.25, 0.3) is 0 Å². The van der Waals surface area contributed by atoms with Crippen LogP contribution in [0.2, 0.25) is 0 Å². The Hall–Kier alpha value is -0.240. The van der Waals surface area contributed by atoms with Crippen molar-refractivity contribution < 1.29 is 35.1 Å². The molecule has 0 unspecified atom stereocenters. The number of halogens is 10. The SMILES string of the molecule is FC(F)(F)/C(Cl)=C(\Cl)C(F)(F)C(F)(F)F. The highest BCUT2D eigenvalue weighted by atomic mass is 35.5. The van der Waals surface area contributed by atoms with Gasteiger partial charge in [-0.25, -0.2) is 0 Å². The second kappa shape index (κ2) is 3.97. The molecule has 90 valence electrons. The van der Waals surface area contributed by atoms with Crippen LogP contribution in [0.5, 0.6) is 0 Å². The summed E-state index contributed by atoms with van der Waals surface area (Å²) >= 11 is 8.49. The van der Waals surface area contributed by atoms with Gasteiger partial charge in [-0.3, -0.25) is 0 Å². The van der Waals surface area contributed by atoms with Crippen molar-refractivity contribution in [1.82, 2.24) is 0 Å². The minimum absolute atomic E-state index is 2.70. The molecule has 0 saturated heterocycles. The highest BCUT2D eigenvalue weighted by Gasteiger charge is 2.62. The van der Waals surface area contributed by atoms with Crippen LogP contribution in [-0.2, 0) is 0 Å². The summed E-state index contributed by atoms with van der Waals surface area (Å²) in [5.41, 5.74) is 0. The van der Waals surface area contributed by atoms with Crippen LogP contribution in [0.15, 0.2) is 10.1 Å². The largest absolute Gasteiger partial charge is 0.459 e. The Labute approximate surface area is 87.4 Å². The fourth-order valence-corrected chi connectivity index (χ4v) is 0.720. The molecule has 15 heavy (non-hydrogen) atoms. The lowest BCUT2D eigenvalue weighted by Gasteiger charge is -2.20. The lowest BCUT2D eigenvalue weighted by atomic mass is 10.3. The topological polar surface area (TPSA) is 0 Å². The Kier molecular flexibility index (Phi) is 3.91. The van der Waals surface area contributed by atoms with Crippen LogP contribution in [0.4, 0.5) is 35.1 Å². The molecule has 0 aliphatic carbocycles. The Bertz CT molecular complexity index is 272. The maximum atomic E-state index is 12.2. The summed E-state index contributed by atoms with van der Waals surface area (Å²) in [6, 6.07) is 0. The van der Waals surface area contributed by atoms with Crippen molar-refractivity contribution in [3.8, 4) is 0 Å². The van der Waals surface area contributed by atoms with Crippen LogP contribution in [-0.4, -0.2) is 18.3 Å². The molecule has 0 aromatic heterocycles. The van der Waals surface area contributed by atoms with Gasteiger partial charge in [0.1, 0.15) is 10.1 Å². The van der Waals surface area contributed by atoms with E-state index in [1.807, 2.05) is 0 Å². The summed E-state index contributed by atoms with van der Waals surface area (Å²) in [5, 5.41) is -5.50. The van der Waals surface area contributed by atoms with Gasteiger partial charge in [0.2, 0.25) is 0 Å². The highest BCUT2D eigenvalue weighted by Crippen LogP contribution is 2.47. The van der Waals surface area contributed by atoms with Crippen molar-refractivity contribution in [2.24, 2.45) is 0 Å². The average molecular weight is 283 g/mol. The van der Waals surface area contributed by atoms with Crippen molar-refractivity contribution in [3.05, 3.63) is 10.1 Å². The maximum absolute atomic E-state index is 12.2. The van der Waals surface area contributed by atoms with Gasteiger partial charge in [-0.1, -0.05) is 23.2 Å². The zero-order chi connectivity index (χ0) is 12.7. The van der Waals surface area contributed by atoms with E-state index in [4.69, 9.17) is 0 Å². The lowest BCUT2D eigenvalue weighted by molar-refractivity contribution is -0.262. The Morgan fingerprint density at radius 1 is 0.667 bits per heavy atom. The molecular formula is C5Cl2F8. The number of allylic oxidation sites excluding steroid dienone is 2. The maximum Gasteiger partial charge on any atom is 0.459 e. The smallest absolute Gasteiger partial charge is 0.190 e. The highest BCUT2D eigenvalue weighted by molar-refractivity contribution is 6.40. The minimum atomic E-state index is -6.24. The van der Waals surface area contributed by atoms with Crippen LogP contribution in [0.1, 0.15) is 0 Å². The summed E-state index contributed by atoms with van der Waals surface area (Å²) in [5.74, 6) is -5.83. The first-order chi connectivity index (χ1) is 6.32. The Balaban J connectivity index is 5.44. The van der Waals surface area contributed by atoms with E-state index in [9.17, 15) is 35.1 Å². The molecule has 0 bridgehead atoms. The summed E-state index contributed by atoms with van der Waals surface area (Å²) in [6.45, 7) is 0. The summed E-state index contributed by atoms with van der Waals surface area (Å²) in [4.78, 5) is 0. The molecule has 0 aliphatic rings. The van der Waals surface area contributed by atoms with Gasteiger partial charge >= 0.3 is 18.3 Å².